The Bertz CT molecular complexity index is 342. The smallest absolute Gasteiger partial charge is 0.333 e. The molecule has 0 aromatic carbocycles. The van der Waals surface area contributed by atoms with Crippen LogP contribution < -0.4 is 0 Å². The molecule has 2 aliphatic heterocycles. The quantitative estimate of drug-likeness (QED) is 0.539. The number of hydrogen-bond donors (Lipinski definition) is 2. The van der Waals surface area contributed by atoms with Gasteiger partial charge in [-0.3, -0.25) is 4.90 Å². The fourth-order valence-electron chi connectivity index (χ4n) is 2.89. The van der Waals surface area contributed by atoms with Crippen LogP contribution in [-0.4, -0.2) is 58.5 Å². The number of esters is 1. The van der Waals surface area contributed by atoms with Crippen LogP contribution in [0.2, 0.25) is 0 Å². The van der Waals surface area contributed by atoms with E-state index in [0.29, 0.717) is 18.4 Å². The summed E-state index contributed by atoms with van der Waals surface area (Å²) in [6, 6.07) is -0.245. The second kappa shape index (κ2) is 4.99. The fraction of sp³-hybridized carbons (Fsp3) is 0.769. The number of piperidine rings is 1. The summed E-state index contributed by atoms with van der Waals surface area (Å²) in [6.45, 7) is 3.51. The van der Waals surface area contributed by atoms with Gasteiger partial charge in [0.05, 0.1) is 12.2 Å². The molecular formula is C13H21NO4. The standard InChI is InChI=1S/C13H21NO4/c1-4-7(2)13(17)18-8-5-9-11(15)12(16)10(6-8)14(9)3/h4,8-12,15-16H,5-6H2,1-3H3/b7-4+/t8-,9-,10+,11-,12+. The minimum absolute atomic E-state index is 0.123. The Morgan fingerprint density at radius 3 is 2.22 bits per heavy atom. The normalized spacial score (nSPS) is 40.9. The third-order valence-electron chi connectivity index (χ3n) is 4.22. The summed E-state index contributed by atoms with van der Waals surface area (Å²) in [4.78, 5) is 13.7. The van der Waals surface area contributed by atoms with Crippen LogP contribution in [0.25, 0.3) is 0 Å². The van der Waals surface area contributed by atoms with E-state index >= 15 is 0 Å². The maximum atomic E-state index is 11.7. The van der Waals surface area contributed by atoms with Crippen molar-refractivity contribution in [3.05, 3.63) is 11.6 Å². The molecule has 5 nitrogen and oxygen atoms in total. The van der Waals surface area contributed by atoms with Crippen molar-refractivity contribution in [3.63, 3.8) is 0 Å². The fourth-order valence-corrected chi connectivity index (χ4v) is 2.89. The van der Waals surface area contributed by atoms with Crippen LogP contribution in [0.15, 0.2) is 11.6 Å². The Hall–Kier alpha value is -0.910. The monoisotopic (exact) mass is 255 g/mol. The first kappa shape index (κ1) is 13.5. The van der Waals surface area contributed by atoms with Gasteiger partial charge in [0.15, 0.2) is 0 Å². The molecule has 0 aliphatic carbocycles. The number of aliphatic hydroxyl groups excluding tert-OH is 2. The van der Waals surface area contributed by atoms with Gasteiger partial charge in [0.1, 0.15) is 6.10 Å². The summed E-state index contributed by atoms with van der Waals surface area (Å²) < 4.78 is 5.41. The number of fused-ring (bicyclic) bond motifs is 2. The van der Waals surface area contributed by atoms with E-state index in [4.69, 9.17) is 4.74 Å². The van der Waals surface area contributed by atoms with Gasteiger partial charge < -0.3 is 14.9 Å². The highest BCUT2D eigenvalue weighted by Gasteiger charge is 2.51. The highest BCUT2D eigenvalue weighted by molar-refractivity contribution is 5.87. The number of ether oxygens (including phenoxy) is 1. The lowest BCUT2D eigenvalue weighted by atomic mass is 10.00. The lowest BCUT2D eigenvalue weighted by Crippen LogP contribution is -2.46. The second-order valence-electron chi connectivity index (χ2n) is 5.25. The molecule has 0 saturated carbocycles. The molecule has 5 heteroatoms. The lowest BCUT2D eigenvalue weighted by molar-refractivity contribution is -0.148. The van der Waals surface area contributed by atoms with Gasteiger partial charge in [-0.25, -0.2) is 4.79 Å². The lowest BCUT2D eigenvalue weighted by Gasteiger charge is -2.35. The maximum Gasteiger partial charge on any atom is 0.333 e. The number of rotatable bonds is 2. The third-order valence-corrected chi connectivity index (χ3v) is 4.22. The van der Waals surface area contributed by atoms with Crippen molar-refractivity contribution in [2.45, 2.75) is 57.1 Å². The highest BCUT2D eigenvalue weighted by Crippen LogP contribution is 2.36. The van der Waals surface area contributed by atoms with E-state index in [9.17, 15) is 15.0 Å². The molecule has 0 aromatic rings. The topological polar surface area (TPSA) is 70.0 Å². The number of aliphatic hydroxyl groups is 2. The minimum Gasteiger partial charge on any atom is -0.459 e. The first-order valence-corrected chi connectivity index (χ1v) is 6.37. The molecule has 2 heterocycles. The van der Waals surface area contributed by atoms with Crippen LogP contribution >= 0.6 is 0 Å². The van der Waals surface area contributed by atoms with Crippen molar-refractivity contribution in [2.24, 2.45) is 0 Å². The average Bonchev–Trinajstić information content (AvgIpc) is 2.50. The molecule has 2 fully saturated rings. The third kappa shape index (κ3) is 2.18. The van der Waals surface area contributed by atoms with Crippen molar-refractivity contribution in [1.29, 1.82) is 0 Å². The number of likely N-dealkylation sites (N-methyl/N-ethyl adjacent to an activating group) is 1. The van der Waals surface area contributed by atoms with Crippen LogP contribution in [0.1, 0.15) is 26.7 Å². The van der Waals surface area contributed by atoms with Gasteiger partial charge in [0, 0.05) is 30.5 Å². The SMILES string of the molecule is C/C=C(\C)C(=O)O[C@@H]1C[C@@H]2[C@@H](O)[C@@H](O)[C@H](C1)N2C. The Morgan fingerprint density at radius 2 is 1.78 bits per heavy atom. The molecule has 0 amide bonds. The summed E-state index contributed by atoms with van der Waals surface area (Å²) >= 11 is 0. The highest BCUT2D eigenvalue weighted by atomic mass is 16.5. The number of carbonyl (C=O) groups excluding carboxylic acids is 1. The molecular weight excluding hydrogens is 234 g/mol. The molecule has 0 radical (unpaired) electrons. The van der Waals surface area contributed by atoms with Gasteiger partial charge in [-0.15, -0.1) is 0 Å². The van der Waals surface area contributed by atoms with Crippen LogP contribution in [0.4, 0.5) is 0 Å². The van der Waals surface area contributed by atoms with E-state index in [2.05, 4.69) is 0 Å². The molecule has 2 rings (SSSR count). The Labute approximate surface area is 107 Å². The summed E-state index contributed by atoms with van der Waals surface area (Å²) in [5.41, 5.74) is 0.586. The molecule has 2 aliphatic rings. The average molecular weight is 255 g/mol. The van der Waals surface area contributed by atoms with Crippen molar-refractivity contribution in [1.82, 2.24) is 4.90 Å². The zero-order valence-corrected chi connectivity index (χ0v) is 11.0. The molecule has 2 N–H and O–H groups in total. The summed E-state index contributed by atoms with van der Waals surface area (Å²) in [7, 11) is 1.89. The van der Waals surface area contributed by atoms with Crippen molar-refractivity contribution in [2.75, 3.05) is 7.05 Å². The zero-order chi connectivity index (χ0) is 13.4. The van der Waals surface area contributed by atoms with E-state index in [1.807, 2.05) is 11.9 Å². The molecule has 2 saturated heterocycles. The number of hydrogen-bond acceptors (Lipinski definition) is 5. The number of nitrogens with zero attached hydrogens (tertiary/aromatic N) is 1. The largest absolute Gasteiger partial charge is 0.459 e. The van der Waals surface area contributed by atoms with Crippen LogP contribution in [0, 0.1) is 0 Å². The molecule has 0 spiro atoms. The van der Waals surface area contributed by atoms with Crippen molar-refractivity contribution < 1.29 is 19.7 Å². The van der Waals surface area contributed by atoms with E-state index < -0.39 is 12.2 Å². The second-order valence-corrected chi connectivity index (χ2v) is 5.25. The zero-order valence-electron chi connectivity index (χ0n) is 11.0. The van der Waals surface area contributed by atoms with Crippen molar-refractivity contribution in [3.8, 4) is 0 Å². The molecule has 0 unspecified atom stereocenters. The van der Waals surface area contributed by atoms with Gasteiger partial charge in [-0.1, -0.05) is 6.08 Å². The van der Waals surface area contributed by atoms with Crippen LogP contribution in [0.5, 0.6) is 0 Å². The predicted octanol–water partition coefficient (Wildman–Crippen LogP) is 0.0626. The summed E-state index contributed by atoms with van der Waals surface area (Å²) in [5.74, 6) is -0.310. The molecule has 5 atom stereocenters. The number of allylic oxidation sites excluding steroid dienone is 1. The number of carbonyl (C=O) groups is 1. The Balaban J connectivity index is 2.02. The maximum absolute atomic E-state index is 11.7. The van der Waals surface area contributed by atoms with E-state index in [-0.39, 0.29) is 24.2 Å². The van der Waals surface area contributed by atoms with Gasteiger partial charge in [-0.2, -0.15) is 0 Å². The molecule has 18 heavy (non-hydrogen) atoms. The summed E-state index contributed by atoms with van der Waals surface area (Å²) in [5, 5.41) is 19.8. The summed E-state index contributed by atoms with van der Waals surface area (Å²) in [6.07, 6.45) is 1.17. The first-order valence-electron chi connectivity index (χ1n) is 6.37. The molecule has 0 aromatic heterocycles. The predicted molar refractivity (Wildman–Crippen MR) is 65.9 cm³/mol. The van der Waals surface area contributed by atoms with Gasteiger partial charge in [-0.05, 0) is 20.9 Å². The first-order chi connectivity index (χ1) is 8.45. The van der Waals surface area contributed by atoms with E-state index in [0.717, 1.165) is 0 Å². The minimum atomic E-state index is -0.744. The van der Waals surface area contributed by atoms with Crippen molar-refractivity contribution >= 4 is 5.97 Å². The Morgan fingerprint density at radius 1 is 1.28 bits per heavy atom. The molecule has 102 valence electrons. The van der Waals surface area contributed by atoms with E-state index in [1.54, 1.807) is 19.9 Å². The van der Waals surface area contributed by atoms with Crippen LogP contribution in [0.3, 0.4) is 0 Å². The van der Waals surface area contributed by atoms with Crippen LogP contribution in [-0.2, 0) is 9.53 Å². The van der Waals surface area contributed by atoms with Gasteiger partial charge in [0.2, 0.25) is 0 Å². The van der Waals surface area contributed by atoms with Gasteiger partial charge in [0.25, 0.3) is 0 Å². The Kier molecular flexibility index (Phi) is 3.75. The van der Waals surface area contributed by atoms with Gasteiger partial charge >= 0.3 is 5.97 Å². The molecule has 2 bridgehead atoms. The van der Waals surface area contributed by atoms with E-state index in [1.165, 1.54) is 0 Å².